The third-order valence-corrected chi connectivity index (χ3v) is 6.03. The van der Waals surface area contributed by atoms with E-state index >= 15 is 0 Å². The van der Waals surface area contributed by atoms with Crippen LogP contribution in [0, 0.1) is 23.2 Å². The van der Waals surface area contributed by atoms with Crippen molar-refractivity contribution in [1.29, 1.82) is 0 Å². The van der Waals surface area contributed by atoms with Crippen LogP contribution in [0.25, 0.3) is 0 Å². The van der Waals surface area contributed by atoms with Crippen LogP contribution in [0.2, 0.25) is 0 Å². The Labute approximate surface area is 126 Å². The Bertz CT molecular complexity index is 286. The fourth-order valence-electron chi connectivity index (χ4n) is 4.28. The van der Waals surface area contributed by atoms with Crippen LogP contribution in [0.15, 0.2) is 0 Å². The van der Waals surface area contributed by atoms with Gasteiger partial charge in [-0.25, -0.2) is 0 Å². The minimum atomic E-state index is 0.457. The first-order chi connectivity index (χ1) is 9.40. The smallest absolute Gasteiger partial charge is 0.00795 e. The van der Waals surface area contributed by atoms with Gasteiger partial charge in [-0.1, -0.05) is 34.1 Å². The van der Waals surface area contributed by atoms with Crippen molar-refractivity contribution in [1.82, 2.24) is 4.90 Å². The second-order valence-corrected chi connectivity index (χ2v) is 8.45. The predicted molar refractivity (Wildman–Crippen MR) is 87.7 cm³/mol. The normalized spacial score (nSPS) is 34.4. The number of likely N-dealkylation sites (tertiary alicyclic amines) is 1. The van der Waals surface area contributed by atoms with Gasteiger partial charge in [0.1, 0.15) is 0 Å². The molecular formula is C18H36N2. The molecule has 1 aliphatic heterocycles. The highest BCUT2D eigenvalue weighted by Crippen LogP contribution is 2.36. The van der Waals surface area contributed by atoms with Crippen molar-refractivity contribution in [3.05, 3.63) is 0 Å². The molecule has 0 aromatic carbocycles. The maximum atomic E-state index is 6.38. The number of rotatable bonds is 3. The molecule has 2 rings (SSSR count). The van der Waals surface area contributed by atoms with Gasteiger partial charge in [0.15, 0.2) is 0 Å². The van der Waals surface area contributed by atoms with E-state index in [-0.39, 0.29) is 0 Å². The van der Waals surface area contributed by atoms with Crippen molar-refractivity contribution in [2.24, 2.45) is 28.9 Å². The second kappa shape index (κ2) is 6.79. The van der Waals surface area contributed by atoms with Crippen LogP contribution < -0.4 is 5.73 Å². The summed E-state index contributed by atoms with van der Waals surface area (Å²) in [6, 6.07) is 0.457. The van der Waals surface area contributed by atoms with Gasteiger partial charge in [-0.3, -0.25) is 0 Å². The van der Waals surface area contributed by atoms with Crippen molar-refractivity contribution in [2.45, 2.75) is 72.3 Å². The van der Waals surface area contributed by atoms with Crippen LogP contribution in [0.4, 0.5) is 0 Å². The number of hydrogen-bond acceptors (Lipinski definition) is 2. The van der Waals surface area contributed by atoms with E-state index in [1.165, 1.54) is 58.2 Å². The van der Waals surface area contributed by atoms with E-state index in [2.05, 4.69) is 32.6 Å². The van der Waals surface area contributed by atoms with E-state index in [0.717, 1.165) is 17.8 Å². The highest BCUT2D eigenvalue weighted by Gasteiger charge is 2.32. The number of piperidine rings is 1. The Balaban J connectivity index is 1.80. The largest absolute Gasteiger partial charge is 0.327 e. The average molecular weight is 280 g/mol. The summed E-state index contributed by atoms with van der Waals surface area (Å²) >= 11 is 0. The first-order valence-corrected chi connectivity index (χ1v) is 8.88. The first kappa shape index (κ1) is 16.3. The van der Waals surface area contributed by atoms with Crippen molar-refractivity contribution in [3.63, 3.8) is 0 Å². The fraction of sp³-hybridized carbons (Fsp3) is 1.00. The molecule has 118 valence electrons. The van der Waals surface area contributed by atoms with Gasteiger partial charge in [0.2, 0.25) is 0 Å². The molecule has 2 aliphatic rings. The molecule has 2 nitrogen and oxygen atoms in total. The summed E-state index contributed by atoms with van der Waals surface area (Å²) in [4.78, 5) is 2.70. The molecule has 0 bridgehead atoms. The molecule has 0 aromatic rings. The van der Waals surface area contributed by atoms with E-state index in [1.54, 1.807) is 0 Å². The summed E-state index contributed by atoms with van der Waals surface area (Å²) in [6.07, 6.45) is 8.08. The molecule has 2 heteroatoms. The van der Waals surface area contributed by atoms with E-state index in [1.807, 2.05) is 0 Å². The van der Waals surface area contributed by atoms with Crippen LogP contribution in [-0.4, -0.2) is 30.6 Å². The molecule has 1 aliphatic carbocycles. The molecule has 3 atom stereocenters. The van der Waals surface area contributed by atoms with Gasteiger partial charge in [0, 0.05) is 12.6 Å². The molecule has 2 fully saturated rings. The monoisotopic (exact) mass is 280 g/mol. The Hall–Kier alpha value is -0.0800. The molecule has 3 unspecified atom stereocenters. The summed E-state index contributed by atoms with van der Waals surface area (Å²) in [5, 5.41) is 0. The lowest BCUT2D eigenvalue weighted by Gasteiger charge is -2.42. The van der Waals surface area contributed by atoms with Crippen molar-refractivity contribution in [2.75, 3.05) is 19.6 Å². The number of nitrogens with zero attached hydrogens (tertiary/aromatic N) is 1. The Kier molecular flexibility index (Phi) is 5.53. The standard InChI is InChI=1S/C18H36N2/c1-5-14-6-7-17(19)15(12-14)13-20-10-8-16(9-11-20)18(2,3)4/h14-17H,5-13,19H2,1-4H3. The molecule has 1 saturated heterocycles. The minimum Gasteiger partial charge on any atom is -0.327 e. The lowest BCUT2D eigenvalue weighted by Crippen LogP contribution is -2.46. The van der Waals surface area contributed by atoms with Crippen LogP contribution in [-0.2, 0) is 0 Å². The average Bonchev–Trinajstić information content (AvgIpc) is 2.41. The quantitative estimate of drug-likeness (QED) is 0.849. The summed E-state index contributed by atoms with van der Waals surface area (Å²) in [5.74, 6) is 2.59. The maximum Gasteiger partial charge on any atom is 0.00795 e. The summed E-state index contributed by atoms with van der Waals surface area (Å²) in [5.41, 5.74) is 6.87. The van der Waals surface area contributed by atoms with Crippen molar-refractivity contribution in [3.8, 4) is 0 Å². The third-order valence-electron chi connectivity index (χ3n) is 6.03. The molecule has 2 N–H and O–H groups in total. The van der Waals surface area contributed by atoms with Crippen LogP contribution in [0.3, 0.4) is 0 Å². The highest BCUT2D eigenvalue weighted by atomic mass is 15.1. The van der Waals surface area contributed by atoms with Gasteiger partial charge in [-0.15, -0.1) is 0 Å². The summed E-state index contributed by atoms with van der Waals surface area (Å²) in [6.45, 7) is 13.4. The molecule has 1 heterocycles. The number of nitrogens with two attached hydrogens (primary N) is 1. The maximum absolute atomic E-state index is 6.38. The topological polar surface area (TPSA) is 29.3 Å². The van der Waals surface area contributed by atoms with Gasteiger partial charge in [-0.2, -0.15) is 0 Å². The van der Waals surface area contributed by atoms with Crippen LogP contribution in [0.5, 0.6) is 0 Å². The Morgan fingerprint density at radius 1 is 1.05 bits per heavy atom. The van der Waals surface area contributed by atoms with Gasteiger partial charge in [0.25, 0.3) is 0 Å². The SMILES string of the molecule is CCC1CCC(N)C(CN2CCC(C(C)(C)C)CC2)C1. The fourth-order valence-corrected chi connectivity index (χ4v) is 4.28. The number of hydrogen-bond donors (Lipinski definition) is 1. The van der Waals surface area contributed by atoms with Gasteiger partial charge in [0.05, 0.1) is 0 Å². The van der Waals surface area contributed by atoms with Crippen LogP contribution >= 0.6 is 0 Å². The lowest BCUT2D eigenvalue weighted by atomic mass is 9.74. The zero-order valence-electron chi connectivity index (χ0n) is 14.2. The molecule has 1 saturated carbocycles. The predicted octanol–water partition coefficient (Wildman–Crippen LogP) is 3.90. The zero-order valence-corrected chi connectivity index (χ0v) is 14.2. The minimum absolute atomic E-state index is 0.457. The summed E-state index contributed by atoms with van der Waals surface area (Å²) in [7, 11) is 0. The Morgan fingerprint density at radius 3 is 2.25 bits per heavy atom. The van der Waals surface area contributed by atoms with Crippen molar-refractivity contribution < 1.29 is 0 Å². The second-order valence-electron chi connectivity index (χ2n) is 8.45. The first-order valence-electron chi connectivity index (χ1n) is 8.88. The van der Waals surface area contributed by atoms with E-state index in [0.29, 0.717) is 11.5 Å². The molecule has 0 radical (unpaired) electrons. The summed E-state index contributed by atoms with van der Waals surface area (Å²) < 4.78 is 0. The van der Waals surface area contributed by atoms with Gasteiger partial charge >= 0.3 is 0 Å². The lowest BCUT2D eigenvalue weighted by molar-refractivity contribution is 0.0839. The molecule has 0 amide bonds. The van der Waals surface area contributed by atoms with Crippen molar-refractivity contribution >= 4 is 0 Å². The van der Waals surface area contributed by atoms with Gasteiger partial charge < -0.3 is 10.6 Å². The molecule has 0 aromatic heterocycles. The van der Waals surface area contributed by atoms with E-state index in [9.17, 15) is 0 Å². The van der Waals surface area contributed by atoms with E-state index < -0.39 is 0 Å². The van der Waals surface area contributed by atoms with E-state index in [4.69, 9.17) is 5.73 Å². The van der Waals surface area contributed by atoms with Crippen LogP contribution in [0.1, 0.15) is 66.2 Å². The third kappa shape index (κ3) is 4.21. The van der Waals surface area contributed by atoms with Gasteiger partial charge in [-0.05, 0) is 68.4 Å². The molecule has 0 spiro atoms. The Morgan fingerprint density at radius 2 is 1.70 bits per heavy atom. The molecule has 20 heavy (non-hydrogen) atoms. The highest BCUT2D eigenvalue weighted by molar-refractivity contribution is 4.87. The zero-order chi connectivity index (χ0) is 14.8. The molecular weight excluding hydrogens is 244 g/mol.